The summed E-state index contributed by atoms with van der Waals surface area (Å²) < 4.78 is 7.09. The lowest BCUT2D eigenvalue weighted by molar-refractivity contribution is 0.416. The molecule has 0 spiro atoms. The van der Waals surface area contributed by atoms with Crippen molar-refractivity contribution >= 4 is 17.3 Å². The van der Waals surface area contributed by atoms with Gasteiger partial charge in [0, 0.05) is 10.6 Å². The SMILES string of the molecule is COc1ccccc1-c1nn(-c2ccc(Cl)cc2)cc1N. The van der Waals surface area contributed by atoms with Crippen LogP contribution in [0.5, 0.6) is 5.75 Å². The molecule has 0 fully saturated rings. The summed E-state index contributed by atoms with van der Waals surface area (Å²) in [4.78, 5) is 0. The third-order valence-corrected chi connectivity index (χ3v) is 3.45. The van der Waals surface area contributed by atoms with Crippen molar-refractivity contribution in [3.05, 3.63) is 59.8 Å². The van der Waals surface area contributed by atoms with Crippen LogP contribution in [0.3, 0.4) is 0 Å². The average molecular weight is 300 g/mol. The largest absolute Gasteiger partial charge is 0.496 e. The second kappa shape index (κ2) is 5.50. The zero-order valence-electron chi connectivity index (χ0n) is 11.5. The Morgan fingerprint density at radius 2 is 1.81 bits per heavy atom. The van der Waals surface area contributed by atoms with Gasteiger partial charge in [-0.3, -0.25) is 0 Å². The number of nitrogen functional groups attached to an aromatic ring is 1. The zero-order chi connectivity index (χ0) is 14.8. The molecule has 1 heterocycles. The fourth-order valence-electron chi connectivity index (χ4n) is 2.16. The molecule has 0 aliphatic rings. The number of aromatic nitrogens is 2. The van der Waals surface area contributed by atoms with Crippen LogP contribution in [0.4, 0.5) is 5.69 Å². The van der Waals surface area contributed by atoms with Gasteiger partial charge in [0.25, 0.3) is 0 Å². The number of hydrogen-bond acceptors (Lipinski definition) is 3. The van der Waals surface area contributed by atoms with Crippen molar-refractivity contribution in [2.24, 2.45) is 0 Å². The minimum atomic E-state index is 0.592. The molecule has 0 radical (unpaired) electrons. The summed E-state index contributed by atoms with van der Waals surface area (Å²) in [6.45, 7) is 0. The van der Waals surface area contributed by atoms with Crippen molar-refractivity contribution in [3.8, 4) is 22.7 Å². The number of ether oxygens (including phenoxy) is 1. The molecule has 0 unspecified atom stereocenters. The van der Waals surface area contributed by atoms with Crippen LogP contribution in [-0.2, 0) is 0 Å². The molecule has 0 amide bonds. The molecule has 1 aromatic heterocycles. The topological polar surface area (TPSA) is 53.1 Å². The number of hydrogen-bond donors (Lipinski definition) is 1. The Hall–Kier alpha value is -2.46. The number of para-hydroxylation sites is 1. The molecule has 0 aliphatic heterocycles. The standard InChI is InChI=1S/C16H14ClN3O/c1-21-15-5-3-2-4-13(15)16-14(18)10-20(19-16)12-8-6-11(17)7-9-12/h2-10H,18H2,1H3. The van der Waals surface area contributed by atoms with Gasteiger partial charge >= 0.3 is 0 Å². The summed E-state index contributed by atoms with van der Waals surface area (Å²) in [7, 11) is 1.63. The Morgan fingerprint density at radius 3 is 2.52 bits per heavy atom. The number of methoxy groups -OCH3 is 1. The van der Waals surface area contributed by atoms with Crippen molar-refractivity contribution in [2.45, 2.75) is 0 Å². The monoisotopic (exact) mass is 299 g/mol. The smallest absolute Gasteiger partial charge is 0.128 e. The van der Waals surface area contributed by atoms with Crippen molar-refractivity contribution in [3.63, 3.8) is 0 Å². The fourth-order valence-corrected chi connectivity index (χ4v) is 2.29. The van der Waals surface area contributed by atoms with Gasteiger partial charge in [-0.2, -0.15) is 5.10 Å². The summed E-state index contributed by atoms with van der Waals surface area (Å²) in [5.74, 6) is 0.741. The first-order valence-electron chi connectivity index (χ1n) is 6.43. The molecule has 5 heteroatoms. The van der Waals surface area contributed by atoms with Gasteiger partial charge < -0.3 is 10.5 Å². The van der Waals surface area contributed by atoms with Crippen molar-refractivity contribution in [2.75, 3.05) is 12.8 Å². The van der Waals surface area contributed by atoms with E-state index in [0.717, 1.165) is 17.0 Å². The third kappa shape index (κ3) is 2.58. The highest BCUT2D eigenvalue weighted by Crippen LogP contribution is 2.32. The highest BCUT2D eigenvalue weighted by molar-refractivity contribution is 6.30. The molecule has 3 rings (SSSR count). The lowest BCUT2D eigenvalue weighted by Crippen LogP contribution is -1.95. The van der Waals surface area contributed by atoms with E-state index < -0.39 is 0 Å². The van der Waals surface area contributed by atoms with Gasteiger partial charge in [0.1, 0.15) is 11.4 Å². The minimum absolute atomic E-state index is 0.592. The van der Waals surface area contributed by atoms with Crippen LogP contribution in [0.2, 0.25) is 5.02 Å². The fraction of sp³-hybridized carbons (Fsp3) is 0.0625. The van der Waals surface area contributed by atoms with Crippen LogP contribution < -0.4 is 10.5 Å². The van der Waals surface area contributed by atoms with Crippen molar-refractivity contribution in [1.29, 1.82) is 0 Å². The van der Waals surface area contributed by atoms with E-state index in [2.05, 4.69) is 5.10 Å². The molecule has 0 saturated carbocycles. The number of nitrogens with zero attached hydrogens (tertiary/aromatic N) is 2. The Labute approximate surface area is 127 Å². The summed E-state index contributed by atoms with van der Waals surface area (Å²) in [5, 5.41) is 5.24. The Kier molecular flexibility index (Phi) is 3.54. The predicted molar refractivity (Wildman–Crippen MR) is 85.0 cm³/mol. The van der Waals surface area contributed by atoms with E-state index in [-0.39, 0.29) is 0 Å². The lowest BCUT2D eigenvalue weighted by Gasteiger charge is -2.06. The van der Waals surface area contributed by atoms with Crippen LogP contribution in [0.15, 0.2) is 54.7 Å². The molecular formula is C16H14ClN3O. The number of benzene rings is 2. The number of halogens is 1. The average Bonchev–Trinajstić information content (AvgIpc) is 2.89. The minimum Gasteiger partial charge on any atom is -0.496 e. The Balaban J connectivity index is 2.07. The third-order valence-electron chi connectivity index (χ3n) is 3.20. The molecule has 106 valence electrons. The van der Waals surface area contributed by atoms with Gasteiger partial charge in [0.15, 0.2) is 0 Å². The van der Waals surface area contributed by atoms with Gasteiger partial charge in [-0.1, -0.05) is 23.7 Å². The molecule has 2 aromatic carbocycles. The number of anilines is 1. The Morgan fingerprint density at radius 1 is 1.10 bits per heavy atom. The number of nitrogens with two attached hydrogens (primary N) is 1. The van der Waals surface area contributed by atoms with E-state index in [1.165, 1.54) is 0 Å². The molecule has 3 aromatic rings. The maximum absolute atomic E-state index is 6.10. The quantitative estimate of drug-likeness (QED) is 0.800. The highest BCUT2D eigenvalue weighted by atomic mass is 35.5. The van der Waals surface area contributed by atoms with E-state index in [0.29, 0.717) is 16.4 Å². The van der Waals surface area contributed by atoms with Crippen LogP contribution in [0, 0.1) is 0 Å². The molecule has 2 N–H and O–H groups in total. The van der Waals surface area contributed by atoms with Crippen LogP contribution in [0.1, 0.15) is 0 Å². The van der Waals surface area contributed by atoms with Crippen molar-refractivity contribution < 1.29 is 4.74 Å². The second-order valence-electron chi connectivity index (χ2n) is 4.55. The van der Waals surface area contributed by atoms with E-state index in [1.807, 2.05) is 48.5 Å². The predicted octanol–water partition coefficient (Wildman–Crippen LogP) is 3.78. The second-order valence-corrected chi connectivity index (χ2v) is 4.99. The van der Waals surface area contributed by atoms with Gasteiger partial charge in [0.05, 0.1) is 24.7 Å². The first-order valence-corrected chi connectivity index (χ1v) is 6.81. The molecule has 0 bridgehead atoms. The number of rotatable bonds is 3. The molecular weight excluding hydrogens is 286 g/mol. The first kappa shape index (κ1) is 13.5. The van der Waals surface area contributed by atoms with Gasteiger partial charge in [0.2, 0.25) is 0 Å². The van der Waals surface area contributed by atoms with Crippen molar-refractivity contribution in [1.82, 2.24) is 9.78 Å². The molecule has 4 nitrogen and oxygen atoms in total. The maximum Gasteiger partial charge on any atom is 0.128 e. The summed E-state index contributed by atoms with van der Waals surface area (Å²) in [5.41, 5.74) is 9.15. The van der Waals surface area contributed by atoms with E-state index in [4.69, 9.17) is 22.1 Å². The summed E-state index contributed by atoms with van der Waals surface area (Å²) >= 11 is 5.90. The van der Waals surface area contributed by atoms with Gasteiger partial charge in [-0.15, -0.1) is 0 Å². The maximum atomic E-state index is 6.10. The lowest BCUT2D eigenvalue weighted by atomic mass is 10.1. The van der Waals surface area contributed by atoms with E-state index >= 15 is 0 Å². The van der Waals surface area contributed by atoms with E-state index in [9.17, 15) is 0 Å². The molecule has 0 atom stereocenters. The molecule has 0 saturated heterocycles. The van der Waals surface area contributed by atoms with E-state index in [1.54, 1.807) is 18.0 Å². The van der Waals surface area contributed by atoms with Crippen LogP contribution >= 0.6 is 11.6 Å². The molecule has 0 aliphatic carbocycles. The van der Waals surface area contributed by atoms with Gasteiger partial charge in [-0.25, -0.2) is 4.68 Å². The zero-order valence-corrected chi connectivity index (χ0v) is 12.2. The van der Waals surface area contributed by atoms with Crippen LogP contribution in [-0.4, -0.2) is 16.9 Å². The highest BCUT2D eigenvalue weighted by Gasteiger charge is 2.13. The van der Waals surface area contributed by atoms with Gasteiger partial charge in [-0.05, 0) is 36.4 Å². The normalized spacial score (nSPS) is 10.6. The summed E-state index contributed by atoms with van der Waals surface area (Å²) in [6, 6.07) is 15.1. The Bertz CT molecular complexity index is 765. The summed E-state index contributed by atoms with van der Waals surface area (Å²) in [6.07, 6.45) is 1.78. The van der Waals surface area contributed by atoms with Crippen LogP contribution in [0.25, 0.3) is 16.9 Å². The molecule has 21 heavy (non-hydrogen) atoms. The first-order chi connectivity index (χ1) is 10.2.